The Labute approximate surface area is 67.1 Å². The fourth-order valence-corrected chi connectivity index (χ4v) is 0.807. The molecule has 0 amide bonds. The van der Waals surface area contributed by atoms with Crippen molar-refractivity contribution in [3.05, 3.63) is 0 Å². The number of nitrogens with zero attached hydrogens (tertiary/aromatic N) is 1. The van der Waals surface area contributed by atoms with E-state index in [0.717, 1.165) is 0 Å². The third-order valence-electron chi connectivity index (χ3n) is 1.17. The number of carbonyl (C=O) groups is 1. The summed E-state index contributed by atoms with van der Waals surface area (Å²) in [6, 6.07) is 0. The van der Waals surface area contributed by atoms with Gasteiger partial charge in [-0.25, -0.2) is 0 Å². The standard InChI is InChI=1S/C7H15NO3/c1-8(2)4-7(5-10-3)11-6-9/h6-7H,4-5H2,1-3H3. The van der Waals surface area contributed by atoms with Crippen LogP contribution in [0.25, 0.3) is 0 Å². The summed E-state index contributed by atoms with van der Waals surface area (Å²) in [5.74, 6) is 0. The maximum Gasteiger partial charge on any atom is 0.293 e. The first kappa shape index (κ1) is 10.4. The van der Waals surface area contributed by atoms with Crippen LogP contribution in [0.3, 0.4) is 0 Å². The molecule has 0 rings (SSSR count). The fourth-order valence-electron chi connectivity index (χ4n) is 0.807. The molecule has 1 atom stereocenters. The zero-order valence-electron chi connectivity index (χ0n) is 7.24. The van der Waals surface area contributed by atoms with Crippen LogP contribution in [0.5, 0.6) is 0 Å². The van der Waals surface area contributed by atoms with E-state index in [1.165, 1.54) is 0 Å². The summed E-state index contributed by atoms with van der Waals surface area (Å²) in [6.45, 7) is 1.58. The monoisotopic (exact) mass is 161 g/mol. The molecule has 0 radical (unpaired) electrons. The second-order valence-electron chi connectivity index (χ2n) is 2.57. The summed E-state index contributed by atoms with van der Waals surface area (Å²) in [6.07, 6.45) is -0.160. The molecule has 0 saturated heterocycles. The number of ether oxygens (including phenoxy) is 2. The summed E-state index contributed by atoms with van der Waals surface area (Å²) in [5, 5.41) is 0. The highest BCUT2D eigenvalue weighted by atomic mass is 16.6. The smallest absolute Gasteiger partial charge is 0.293 e. The first-order chi connectivity index (χ1) is 5.20. The lowest BCUT2D eigenvalue weighted by Crippen LogP contribution is -2.31. The molecule has 1 unspecified atom stereocenters. The van der Waals surface area contributed by atoms with E-state index in [4.69, 9.17) is 9.47 Å². The van der Waals surface area contributed by atoms with E-state index >= 15 is 0 Å². The Bertz CT molecular complexity index is 106. The molecular weight excluding hydrogens is 146 g/mol. The minimum atomic E-state index is -0.160. The third-order valence-corrected chi connectivity index (χ3v) is 1.17. The Balaban J connectivity index is 3.58. The van der Waals surface area contributed by atoms with Crippen molar-refractivity contribution < 1.29 is 14.3 Å². The van der Waals surface area contributed by atoms with Crippen LogP contribution < -0.4 is 0 Å². The minimum absolute atomic E-state index is 0.160. The van der Waals surface area contributed by atoms with Gasteiger partial charge in [-0.15, -0.1) is 0 Å². The summed E-state index contributed by atoms with van der Waals surface area (Å²) < 4.78 is 9.59. The molecule has 0 heterocycles. The van der Waals surface area contributed by atoms with Crippen LogP contribution in [0.1, 0.15) is 0 Å². The maximum absolute atomic E-state index is 9.98. The van der Waals surface area contributed by atoms with Crippen molar-refractivity contribution in [2.75, 3.05) is 34.4 Å². The number of carbonyl (C=O) groups excluding carboxylic acids is 1. The number of hydrogen-bond acceptors (Lipinski definition) is 4. The summed E-state index contributed by atoms with van der Waals surface area (Å²) in [4.78, 5) is 11.9. The molecule has 0 bridgehead atoms. The predicted molar refractivity (Wildman–Crippen MR) is 41.4 cm³/mol. The summed E-state index contributed by atoms with van der Waals surface area (Å²) >= 11 is 0. The highest BCUT2D eigenvalue weighted by Gasteiger charge is 2.08. The van der Waals surface area contributed by atoms with Crippen molar-refractivity contribution in [2.24, 2.45) is 0 Å². The number of likely N-dealkylation sites (N-methyl/N-ethyl adjacent to an activating group) is 1. The van der Waals surface area contributed by atoms with Gasteiger partial charge in [0.05, 0.1) is 6.61 Å². The molecule has 0 aromatic rings. The lowest BCUT2D eigenvalue weighted by Gasteiger charge is -2.18. The Morgan fingerprint density at radius 3 is 2.55 bits per heavy atom. The van der Waals surface area contributed by atoms with Crippen LogP contribution in [-0.2, 0) is 14.3 Å². The largest absolute Gasteiger partial charge is 0.461 e. The molecule has 4 heteroatoms. The zero-order valence-corrected chi connectivity index (χ0v) is 7.24. The number of methoxy groups -OCH3 is 1. The van der Waals surface area contributed by atoms with Crippen molar-refractivity contribution >= 4 is 6.47 Å². The molecule has 0 fully saturated rings. The van der Waals surface area contributed by atoms with Crippen LogP contribution in [-0.4, -0.2) is 51.8 Å². The normalized spacial score (nSPS) is 13.1. The Morgan fingerprint density at radius 2 is 2.18 bits per heavy atom. The Morgan fingerprint density at radius 1 is 1.55 bits per heavy atom. The second kappa shape index (κ2) is 6.12. The average Bonchev–Trinajstić information content (AvgIpc) is 1.87. The number of rotatable bonds is 6. The van der Waals surface area contributed by atoms with E-state index in [1.54, 1.807) is 7.11 Å². The Kier molecular flexibility index (Phi) is 5.78. The van der Waals surface area contributed by atoms with Gasteiger partial charge >= 0.3 is 0 Å². The highest BCUT2D eigenvalue weighted by molar-refractivity contribution is 5.37. The molecule has 0 aliphatic rings. The van der Waals surface area contributed by atoms with E-state index in [-0.39, 0.29) is 6.10 Å². The quantitative estimate of drug-likeness (QED) is 0.503. The van der Waals surface area contributed by atoms with Gasteiger partial charge in [-0.3, -0.25) is 4.79 Å². The Hall–Kier alpha value is -0.610. The predicted octanol–water partition coefficient (Wildman–Crippen LogP) is -0.264. The maximum atomic E-state index is 9.98. The minimum Gasteiger partial charge on any atom is -0.461 e. The van der Waals surface area contributed by atoms with Gasteiger partial charge in [0.2, 0.25) is 0 Å². The van der Waals surface area contributed by atoms with Crippen molar-refractivity contribution in [3.63, 3.8) is 0 Å². The van der Waals surface area contributed by atoms with Crippen molar-refractivity contribution in [3.8, 4) is 0 Å². The van der Waals surface area contributed by atoms with Crippen molar-refractivity contribution in [2.45, 2.75) is 6.10 Å². The van der Waals surface area contributed by atoms with E-state index in [2.05, 4.69) is 0 Å². The molecule has 4 nitrogen and oxygen atoms in total. The molecule has 0 N–H and O–H groups in total. The lowest BCUT2D eigenvalue weighted by atomic mass is 10.3. The molecule has 11 heavy (non-hydrogen) atoms. The molecule has 0 aromatic heterocycles. The van der Waals surface area contributed by atoms with Gasteiger partial charge in [0.25, 0.3) is 6.47 Å². The number of hydrogen-bond donors (Lipinski definition) is 0. The third kappa shape index (κ3) is 5.82. The van der Waals surface area contributed by atoms with E-state index < -0.39 is 0 Å². The van der Waals surface area contributed by atoms with Gasteiger partial charge in [-0.05, 0) is 14.1 Å². The van der Waals surface area contributed by atoms with Gasteiger partial charge < -0.3 is 14.4 Å². The molecular formula is C7H15NO3. The summed E-state index contributed by atoms with van der Waals surface area (Å²) in [5.41, 5.74) is 0. The zero-order chi connectivity index (χ0) is 8.69. The average molecular weight is 161 g/mol. The molecule has 0 spiro atoms. The second-order valence-corrected chi connectivity index (χ2v) is 2.57. The first-order valence-electron chi connectivity index (χ1n) is 3.43. The fraction of sp³-hybridized carbons (Fsp3) is 0.857. The van der Waals surface area contributed by atoms with Gasteiger partial charge in [-0.1, -0.05) is 0 Å². The van der Waals surface area contributed by atoms with Crippen LogP contribution in [0.4, 0.5) is 0 Å². The molecule has 0 aliphatic heterocycles. The van der Waals surface area contributed by atoms with Crippen LogP contribution in [0, 0.1) is 0 Å². The van der Waals surface area contributed by atoms with Gasteiger partial charge in [-0.2, -0.15) is 0 Å². The molecule has 0 saturated carbocycles. The van der Waals surface area contributed by atoms with E-state index in [0.29, 0.717) is 19.6 Å². The molecule has 0 aromatic carbocycles. The van der Waals surface area contributed by atoms with Gasteiger partial charge in [0.1, 0.15) is 6.10 Å². The lowest BCUT2D eigenvalue weighted by molar-refractivity contribution is -0.136. The summed E-state index contributed by atoms with van der Waals surface area (Å²) in [7, 11) is 5.41. The topological polar surface area (TPSA) is 38.8 Å². The first-order valence-corrected chi connectivity index (χ1v) is 3.43. The van der Waals surface area contributed by atoms with E-state index in [1.807, 2.05) is 19.0 Å². The SMILES string of the molecule is COCC(CN(C)C)OC=O. The van der Waals surface area contributed by atoms with Gasteiger partial charge in [0, 0.05) is 13.7 Å². The van der Waals surface area contributed by atoms with Crippen LogP contribution >= 0.6 is 0 Å². The van der Waals surface area contributed by atoms with Crippen molar-refractivity contribution in [1.82, 2.24) is 4.90 Å². The van der Waals surface area contributed by atoms with Gasteiger partial charge in [0.15, 0.2) is 0 Å². The van der Waals surface area contributed by atoms with E-state index in [9.17, 15) is 4.79 Å². The molecule has 0 aliphatic carbocycles. The molecule has 66 valence electrons. The van der Waals surface area contributed by atoms with Crippen molar-refractivity contribution in [1.29, 1.82) is 0 Å². The van der Waals surface area contributed by atoms with Crippen LogP contribution in [0.2, 0.25) is 0 Å². The highest BCUT2D eigenvalue weighted by Crippen LogP contribution is 1.92. The van der Waals surface area contributed by atoms with Crippen LogP contribution in [0.15, 0.2) is 0 Å².